The van der Waals surface area contributed by atoms with E-state index < -0.39 is 0 Å². The predicted octanol–water partition coefficient (Wildman–Crippen LogP) is 2.76. The first-order chi connectivity index (χ1) is 7.88. The topological polar surface area (TPSA) is 56.0 Å². The normalized spacial score (nSPS) is 10.8. The van der Waals surface area contributed by atoms with E-state index in [1.165, 1.54) is 0 Å². The lowest BCUT2D eigenvalue weighted by Gasteiger charge is -1.95. The van der Waals surface area contributed by atoms with E-state index in [2.05, 4.69) is 10.1 Å². The lowest BCUT2D eigenvalue weighted by molar-refractivity contribution is 0.109. The van der Waals surface area contributed by atoms with Gasteiger partial charge < -0.3 is 4.52 Å². The maximum absolute atomic E-state index is 10.5. The number of nitrogens with zero attached hydrogens (tertiary/aromatic N) is 2. The van der Waals surface area contributed by atoms with Gasteiger partial charge in [0, 0.05) is 12.3 Å². The summed E-state index contributed by atoms with van der Waals surface area (Å²) < 4.78 is 5.89. The highest BCUT2D eigenvalue weighted by Gasteiger charge is 2.11. The zero-order valence-electron chi connectivity index (χ0n) is 8.08. The smallest absolute Gasteiger partial charge is 0.199 e. The summed E-state index contributed by atoms with van der Waals surface area (Å²) in [5, 5.41) is 6.94. The van der Waals surface area contributed by atoms with E-state index in [-0.39, 0.29) is 5.76 Å². The van der Waals surface area contributed by atoms with Crippen molar-refractivity contribution in [2.75, 3.05) is 0 Å². The zero-order valence-corrected chi connectivity index (χ0v) is 8.90. The second-order valence-electron chi connectivity index (χ2n) is 3.23. The van der Waals surface area contributed by atoms with Crippen LogP contribution in [-0.2, 0) is 0 Å². The Labute approximate surface area is 94.5 Å². The SMILES string of the molecule is O=Cc1cc(-c2nccc3ccsc23)no1. The molecule has 0 spiro atoms. The van der Waals surface area contributed by atoms with Crippen molar-refractivity contribution in [3.63, 3.8) is 0 Å². The molecule has 0 aromatic carbocycles. The molecule has 0 radical (unpaired) electrons. The molecule has 3 rings (SSSR count). The molecule has 0 fully saturated rings. The van der Waals surface area contributed by atoms with Gasteiger partial charge in [-0.2, -0.15) is 0 Å². The Bertz CT molecular complexity index is 657. The quantitative estimate of drug-likeness (QED) is 0.635. The van der Waals surface area contributed by atoms with E-state index >= 15 is 0 Å². The van der Waals surface area contributed by atoms with Crippen LogP contribution >= 0.6 is 11.3 Å². The van der Waals surface area contributed by atoms with Crippen molar-refractivity contribution in [1.82, 2.24) is 10.1 Å². The summed E-state index contributed by atoms with van der Waals surface area (Å²) in [4.78, 5) is 14.8. The van der Waals surface area contributed by atoms with Gasteiger partial charge in [-0.3, -0.25) is 9.78 Å². The van der Waals surface area contributed by atoms with Crippen LogP contribution in [0, 0.1) is 0 Å². The third-order valence-electron chi connectivity index (χ3n) is 2.26. The minimum atomic E-state index is 0.213. The summed E-state index contributed by atoms with van der Waals surface area (Å²) in [6.07, 6.45) is 2.35. The van der Waals surface area contributed by atoms with Crippen LogP contribution in [0.3, 0.4) is 0 Å². The fourth-order valence-electron chi connectivity index (χ4n) is 1.53. The van der Waals surface area contributed by atoms with E-state index in [0.29, 0.717) is 12.0 Å². The maximum atomic E-state index is 10.5. The molecule has 3 heterocycles. The number of hydrogen-bond acceptors (Lipinski definition) is 5. The standard InChI is InChI=1S/C11H6N2O2S/c14-6-8-5-9(13-15-8)10-11-7(1-3-12-10)2-4-16-11/h1-6H. The maximum Gasteiger partial charge on any atom is 0.199 e. The third kappa shape index (κ3) is 1.33. The molecular weight excluding hydrogens is 224 g/mol. The Hall–Kier alpha value is -2.01. The van der Waals surface area contributed by atoms with Gasteiger partial charge in [0.05, 0.1) is 4.70 Å². The lowest BCUT2D eigenvalue weighted by atomic mass is 10.2. The van der Waals surface area contributed by atoms with Crippen LogP contribution in [0.4, 0.5) is 0 Å². The lowest BCUT2D eigenvalue weighted by Crippen LogP contribution is -1.82. The Kier molecular flexibility index (Phi) is 2.04. The number of carbonyl (C=O) groups is 1. The van der Waals surface area contributed by atoms with Crippen LogP contribution in [0.15, 0.2) is 34.3 Å². The van der Waals surface area contributed by atoms with Gasteiger partial charge in [0.15, 0.2) is 12.0 Å². The summed E-state index contributed by atoms with van der Waals surface area (Å²) in [5.41, 5.74) is 1.35. The van der Waals surface area contributed by atoms with Crippen molar-refractivity contribution < 1.29 is 9.32 Å². The molecule has 0 saturated heterocycles. The second-order valence-corrected chi connectivity index (χ2v) is 4.15. The monoisotopic (exact) mass is 230 g/mol. The molecule has 0 bridgehead atoms. The summed E-state index contributed by atoms with van der Waals surface area (Å²) in [6.45, 7) is 0. The Morgan fingerprint density at radius 3 is 3.12 bits per heavy atom. The number of aromatic nitrogens is 2. The highest BCUT2D eigenvalue weighted by atomic mass is 32.1. The molecule has 4 nitrogen and oxygen atoms in total. The molecule has 5 heteroatoms. The average molecular weight is 230 g/mol. The molecule has 0 N–H and O–H groups in total. The van der Waals surface area contributed by atoms with E-state index in [1.807, 2.05) is 17.5 Å². The van der Waals surface area contributed by atoms with Crippen molar-refractivity contribution >= 4 is 27.7 Å². The number of pyridine rings is 1. The van der Waals surface area contributed by atoms with Gasteiger partial charge in [0.2, 0.25) is 0 Å². The molecule has 3 aromatic heterocycles. The Morgan fingerprint density at radius 1 is 1.38 bits per heavy atom. The summed E-state index contributed by atoms with van der Waals surface area (Å²) in [7, 11) is 0. The zero-order chi connectivity index (χ0) is 11.0. The van der Waals surface area contributed by atoms with Gasteiger partial charge in [-0.1, -0.05) is 5.16 Å². The van der Waals surface area contributed by atoms with Crippen LogP contribution in [0.2, 0.25) is 0 Å². The van der Waals surface area contributed by atoms with Crippen LogP contribution < -0.4 is 0 Å². The molecule has 0 aliphatic carbocycles. The summed E-state index contributed by atoms with van der Waals surface area (Å²) >= 11 is 1.59. The number of hydrogen-bond donors (Lipinski definition) is 0. The largest absolute Gasteiger partial charge is 0.353 e. The van der Waals surface area contributed by atoms with Gasteiger partial charge in [-0.05, 0) is 22.9 Å². The fourth-order valence-corrected chi connectivity index (χ4v) is 2.42. The fraction of sp³-hybridized carbons (Fsp3) is 0. The van der Waals surface area contributed by atoms with Crippen LogP contribution in [0.1, 0.15) is 10.6 Å². The molecule has 16 heavy (non-hydrogen) atoms. The van der Waals surface area contributed by atoms with Crippen LogP contribution in [-0.4, -0.2) is 16.4 Å². The first-order valence-corrected chi connectivity index (χ1v) is 5.51. The molecular formula is C11H6N2O2S. The Balaban J connectivity index is 2.24. The number of thiophene rings is 1. The van der Waals surface area contributed by atoms with Crippen LogP contribution in [0.25, 0.3) is 21.5 Å². The highest BCUT2D eigenvalue weighted by molar-refractivity contribution is 7.17. The highest BCUT2D eigenvalue weighted by Crippen LogP contribution is 2.29. The van der Waals surface area contributed by atoms with Gasteiger partial charge in [0.1, 0.15) is 11.4 Å². The number of carbonyl (C=O) groups excluding carboxylic acids is 1. The molecule has 78 valence electrons. The average Bonchev–Trinajstić information content (AvgIpc) is 2.97. The van der Waals surface area contributed by atoms with Crippen molar-refractivity contribution in [1.29, 1.82) is 0 Å². The number of fused-ring (bicyclic) bond motifs is 1. The van der Waals surface area contributed by atoms with E-state index in [0.717, 1.165) is 15.8 Å². The molecule has 0 aliphatic rings. The summed E-state index contributed by atoms with van der Waals surface area (Å²) in [6, 6.07) is 5.55. The first-order valence-electron chi connectivity index (χ1n) is 4.63. The van der Waals surface area contributed by atoms with Crippen molar-refractivity contribution in [3.8, 4) is 11.4 Å². The minimum Gasteiger partial charge on any atom is -0.353 e. The van der Waals surface area contributed by atoms with Crippen LogP contribution in [0.5, 0.6) is 0 Å². The molecule has 0 unspecified atom stereocenters. The van der Waals surface area contributed by atoms with Crippen molar-refractivity contribution in [3.05, 3.63) is 35.5 Å². The first kappa shape index (κ1) is 9.23. The molecule has 0 aliphatic heterocycles. The molecule has 0 amide bonds. The van der Waals surface area contributed by atoms with E-state index in [9.17, 15) is 4.79 Å². The number of aldehydes is 1. The van der Waals surface area contributed by atoms with E-state index in [1.54, 1.807) is 23.6 Å². The van der Waals surface area contributed by atoms with Crippen molar-refractivity contribution in [2.45, 2.75) is 0 Å². The van der Waals surface area contributed by atoms with Gasteiger partial charge in [0.25, 0.3) is 0 Å². The van der Waals surface area contributed by atoms with Gasteiger partial charge >= 0.3 is 0 Å². The molecule has 0 atom stereocenters. The third-order valence-corrected chi connectivity index (χ3v) is 3.19. The summed E-state index contributed by atoms with van der Waals surface area (Å²) in [5.74, 6) is 0.213. The van der Waals surface area contributed by atoms with Gasteiger partial charge in [-0.25, -0.2) is 0 Å². The number of rotatable bonds is 2. The minimum absolute atomic E-state index is 0.213. The second kappa shape index (κ2) is 3.53. The molecule has 0 saturated carbocycles. The molecule has 3 aromatic rings. The van der Waals surface area contributed by atoms with E-state index in [4.69, 9.17) is 4.52 Å². The Morgan fingerprint density at radius 2 is 2.31 bits per heavy atom. The van der Waals surface area contributed by atoms with Gasteiger partial charge in [-0.15, -0.1) is 11.3 Å². The van der Waals surface area contributed by atoms with Crippen molar-refractivity contribution in [2.24, 2.45) is 0 Å². The predicted molar refractivity (Wildman–Crippen MR) is 60.5 cm³/mol.